The molecule has 0 saturated carbocycles. The lowest BCUT2D eigenvalue weighted by Gasteiger charge is -2.12. The number of hydrogen-bond acceptors (Lipinski definition) is 4. The third-order valence-corrected chi connectivity index (χ3v) is 3.19. The van der Waals surface area contributed by atoms with Gasteiger partial charge in [0.25, 0.3) is 5.91 Å². The summed E-state index contributed by atoms with van der Waals surface area (Å²) >= 11 is 5.53. The van der Waals surface area contributed by atoms with Gasteiger partial charge in [0.05, 0.1) is 16.1 Å². The Labute approximate surface area is 141 Å². The predicted octanol–water partition coefficient (Wildman–Crippen LogP) is 4.22. The molecule has 2 rings (SSSR count). The molecule has 0 aliphatic heterocycles. The highest BCUT2D eigenvalue weighted by Gasteiger charge is 2.33. The second-order valence-corrected chi connectivity index (χ2v) is 5.65. The van der Waals surface area contributed by atoms with Crippen molar-refractivity contribution in [2.75, 3.05) is 10.6 Å². The van der Waals surface area contributed by atoms with Crippen LogP contribution in [0.5, 0.6) is 0 Å². The van der Waals surface area contributed by atoms with Gasteiger partial charge in [-0.25, -0.2) is 9.97 Å². The van der Waals surface area contributed by atoms with E-state index in [0.29, 0.717) is 5.95 Å². The van der Waals surface area contributed by atoms with Crippen molar-refractivity contribution in [2.45, 2.75) is 26.1 Å². The van der Waals surface area contributed by atoms with Crippen molar-refractivity contribution in [1.29, 1.82) is 0 Å². The number of amides is 1. The summed E-state index contributed by atoms with van der Waals surface area (Å²) in [6.07, 6.45) is -2.04. The normalized spacial score (nSPS) is 11.5. The van der Waals surface area contributed by atoms with E-state index in [1.54, 1.807) is 0 Å². The predicted molar refractivity (Wildman–Crippen MR) is 85.2 cm³/mol. The minimum Gasteiger partial charge on any atom is -0.352 e. The average Bonchev–Trinajstić information content (AvgIpc) is 2.48. The standard InChI is InChI=1S/C15H14ClF3N4O/c1-8(2)22-14-20-6-9(7-21-14)13(24)23-10-3-4-12(16)11(5-10)15(17,18)19/h3-8H,1-2H3,(H,23,24)(H,20,21,22). The molecule has 0 fully saturated rings. The molecule has 24 heavy (non-hydrogen) atoms. The number of rotatable bonds is 4. The van der Waals surface area contributed by atoms with Crippen LogP contribution in [0.2, 0.25) is 5.02 Å². The van der Waals surface area contributed by atoms with Gasteiger partial charge < -0.3 is 10.6 Å². The first kappa shape index (κ1) is 18.0. The van der Waals surface area contributed by atoms with Crippen LogP contribution in [0, 0.1) is 0 Å². The van der Waals surface area contributed by atoms with Crippen LogP contribution in [0.25, 0.3) is 0 Å². The van der Waals surface area contributed by atoms with Gasteiger partial charge in [0.15, 0.2) is 0 Å². The Balaban J connectivity index is 2.15. The summed E-state index contributed by atoms with van der Waals surface area (Å²) < 4.78 is 38.4. The van der Waals surface area contributed by atoms with Crippen LogP contribution >= 0.6 is 11.6 Å². The van der Waals surface area contributed by atoms with Crippen LogP contribution in [-0.4, -0.2) is 21.9 Å². The Morgan fingerprint density at radius 1 is 1.21 bits per heavy atom. The minimum absolute atomic E-state index is 0.0268. The summed E-state index contributed by atoms with van der Waals surface area (Å²) in [6.45, 7) is 3.81. The second kappa shape index (κ2) is 7.04. The lowest BCUT2D eigenvalue weighted by atomic mass is 10.2. The van der Waals surface area contributed by atoms with Gasteiger partial charge in [-0.1, -0.05) is 11.6 Å². The Kier molecular flexibility index (Phi) is 5.28. The Bertz CT molecular complexity index is 732. The summed E-state index contributed by atoms with van der Waals surface area (Å²) in [5.41, 5.74) is -0.927. The summed E-state index contributed by atoms with van der Waals surface area (Å²) in [5, 5.41) is 4.88. The number of aromatic nitrogens is 2. The molecule has 0 unspecified atom stereocenters. The van der Waals surface area contributed by atoms with E-state index in [1.807, 2.05) is 13.8 Å². The van der Waals surface area contributed by atoms with Crippen molar-refractivity contribution >= 4 is 29.1 Å². The molecular formula is C15H14ClF3N4O. The number of alkyl halides is 3. The monoisotopic (exact) mass is 358 g/mol. The summed E-state index contributed by atoms with van der Waals surface area (Å²) in [4.78, 5) is 20.0. The number of hydrogen-bond donors (Lipinski definition) is 2. The first-order valence-electron chi connectivity index (χ1n) is 6.93. The van der Waals surface area contributed by atoms with E-state index in [1.165, 1.54) is 18.5 Å². The van der Waals surface area contributed by atoms with E-state index in [0.717, 1.165) is 12.1 Å². The molecule has 1 amide bonds. The maximum atomic E-state index is 12.8. The molecule has 0 aliphatic rings. The Morgan fingerprint density at radius 2 is 1.83 bits per heavy atom. The maximum absolute atomic E-state index is 12.8. The van der Waals surface area contributed by atoms with E-state index in [4.69, 9.17) is 11.6 Å². The van der Waals surface area contributed by atoms with Gasteiger partial charge in [-0.3, -0.25) is 4.79 Å². The van der Waals surface area contributed by atoms with Gasteiger partial charge in [0, 0.05) is 24.1 Å². The zero-order chi connectivity index (χ0) is 17.9. The molecule has 1 aromatic heterocycles. The van der Waals surface area contributed by atoms with Gasteiger partial charge in [0.2, 0.25) is 5.95 Å². The highest BCUT2D eigenvalue weighted by Crippen LogP contribution is 2.36. The zero-order valence-electron chi connectivity index (χ0n) is 12.8. The van der Waals surface area contributed by atoms with Gasteiger partial charge in [0.1, 0.15) is 0 Å². The van der Waals surface area contributed by atoms with Crippen molar-refractivity contribution in [2.24, 2.45) is 0 Å². The van der Waals surface area contributed by atoms with Gasteiger partial charge in [-0.2, -0.15) is 13.2 Å². The molecule has 0 atom stereocenters. The number of anilines is 2. The molecule has 0 saturated heterocycles. The molecule has 0 radical (unpaired) electrons. The first-order chi connectivity index (χ1) is 11.2. The number of nitrogens with one attached hydrogen (secondary N) is 2. The van der Waals surface area contributed by atoms with Crippen LogP contribution in [0.1, 0.15) is 29.8 Å². The van der Waals surface area contributed by atoms with E-state index in [9.17, 15) is 18.0 Å². The number of carbonyl (C=O) groups is 1. The lowest BCUT2D eigenvalue weighted by molar-refractivity contribution is -0.137. The number of benzene rings is 1. The topological polar surface area (TPSA) is 66.9 Å². The number of carbonyl (C=O) groups excluding carboxylic acids is 1. The minimum atomic E-state index is -4.61. The SMILES string of the molecule is CC(C)Nc1ncc(C(=O)Nc2ccc(Cl)c(C(F)(F)F)c2)cn1. The summed E-state index contributed by atoms with van der Waals surface area (Å²) in [7, 11) is 0. The van der Waals surface area contributed by atoms with Crippen molar-refractivity contribution in [1.82, 2.24) is 9.97 Å². The summed E-state index contributed by atoms with van der Waals surface area (Å²) in [5.74, 6) is -0.269. The molecule has 5 nitrogen and oxygen atoms in total. The molecule has 1 heterocycles. The lowest BCUT2D eigenvalue weighted by Crippen LogP contribution is -2.16. The quantitative estimate of drug-likeness (QED) is 0.858. The van der Waals surface area contributed by atoms with Crippen molar-refractivity contribution < 1.29 is 18.0 Å². The molecule has 1 aromatic carbocycles. The molecule has 0 bridgehead atoms. The van der Waals surface area contributed by atoms with Crippen LogP contribution in [0.3, 0.4) is 0 Å². The fourth-order valence-electron chi connectivity index (χ4n) is 1.80. The number of nitrogens with zero attached hydrogens (tertiary/aromatic N) is 2. The van der Waals surface area contributed by atoms with Crippen LogP contribution in [0.4, 0.5) is 24.8 Å². The van der Waals surface area contributed by atoms with Crippen molar-refractivity contribution in [3.05, 3.63) is 46.7 Å². The Morgan fingerprint density at radius 3 is 2.38 bits per heavy atom. The second-order valence-electron chi connectivity index (χ2n) is 5.24. The Hall–Kier alpha value is -2.35. The van der Waals surface area contributed by atoms with Crippen LogP contribution < -0.4 is 10.6 Å². The average molecular weight is 359 g/mol. The highest BCUT2D eigenvalue weighted by atomic mass is 35.5. The molecule has 0 aliphatic carbocycles. The van der Waals surface area contributed by atoms with E-state index >= 15 is 0 Å². The zero-order valence-corrected chi connectivity index (χ0v) is 13.5. The van der Waals surface area contributed by atoms with Gasteiger partial charge >= 0.3 is 6.18 Å². The number of halogens is 4. The summed E-state index contributed by atoms with van der Waals surface area (Å²) in [6, 6.07) is 3.26. The van der Waals surface area contributed by atoms with Crippen molar-refractivity contribution in [3.8, 4) is 0 Å². The molecule has 9 heteroatoms. The van der Waals surface area contributed by atoms with Crippen LogP contribution in [-0.2, 0) is 6.18 Å². The largest absolute Gasteiger partial charge is 0.417 e. The molecule has 2 aromatic rings. The first-order valence-corrected chi connectivity index (χ1v) is 7.31. The third kappa shape index (κ3) is 4.58. The van der Waals surface area contributed by atoms with E-state index in [2.05, 4.69) is 20.6 Å². The highest BCUT2D eigenvalue weighted by molar-refractivity contribution is 6.31. The smallest absolute Gasteiger partial charge is 0.352 e. The third-order valence-electron chi connectivity index (χ3n) is 2.86. The van der Waals surface area contributed by atoms with Gasteiger partial charge in [-0.15, -0.1) is 0 Å². The van der Waals surface area contributed by atoms with Crippen LogP contribution in [0.15, 0.2) is 30.6 Å². The fraction of sp³-hybridized carbons (Fsp3) is 0.267. The van der Waals surface area contributed by atoms with Crippen molar-refractivity contribution in [3.63, 3.8) is 0 Å². The van der Waals surface area contributed by atoms with E-state index in [-0.39, 0.29) is 17.3 Å². The fourth-order valence-corrected chi connectivity index (χ4v) is 2.03. The molecule has 2 N–H and O–H groups in total. The molecule has 128 valence electrons. The maximum Gasteiger partial charge on any atom is 0.417 e. The molecule has 0 spiro atoms. The molecular weight excluding hydrogens is 345 g/mol. The van der Waals surface area contributed by atoms with E-state index < -0.39 is 22.7 Å². The van der Waals surface area contributed by atoms with Gasteiger partial charge in [-0.05, 0) is 32.0 Å².